The molecule has 2 aromatic rings. The molecule has 0 bridgehead atoms. The maximum absolute atomic E-state index is 13.9. The highest BCUT2D eigenvalue weighted by Crippen LogP contribution is 2.51. The minimum Gasteiger partial charge on any atom is -0.465 e. The van der Waals surface area contributed by atoms with Gasteiger partial charge in [-0.1, -0.05) is 32.0 Å². The van der Waals surface area contributed by atoms with Gasteiger partial charge in [0.1, 0.15) is 11.9 Å². The first-order valence-corrected chi connectivity index (χ1v) is 14.2. The first kappa shape index (κ1) is 34.0. The standard InChI is InChI=1S/C30H33F4N5O7/c1-16(30(32,33)34)39(13-17-4-6-19(31)7-5-17)23(40)10-18-12-29(24(41)38-27(45)46-29)22-9-8-20(11-21(18)22)37-25(42)35-14-28(2,3)15-36-26(43)44/h4-9,11,16,18,36H,10,12-15H2,1-3H3,(H,43,44)(H2,35,37,42)(H,38,41,45)/t16?,18?,29-/m1/s1. The minimum atomic E-state index is -4.78. The van der Waals surface area contributed by atoms with Crippen molar-refractivity contribution in [3.63, 3.8) is 0 Å². The topological polar surface area (TPSA) is 166 Å². The van der Waals surface area contributed by atoms with Crippen LogP contribution in [0.5, 0.6) is 0 Å². The average molecular weight is 652 g/mol. The highest BCUT2D eigenvalue weighted by Gasteiger charge is 2.57. The molecule has 4 rings (SSSR count). The number of rotatable bonds is 10. The molecular weight excluding hydrogens is 618 g/mol. The predicted molar refractivity (Wildman–Crippen MR) is 154 cm³/mol. The number of carbonyl (C=O) groups is 5. The number of nitrogens with zero attached hydrogens (tertiary/aromatic N) is 1. The van der Waals surface area contributed by atoms with Crippen LogP contribution in [-0.2, 0) is 26.5 Å². The number of alkyl halides is 3. The Kier molecular flexibility index (Phi) is 9.49. The molecule has 1 heterocycles. The van der Waals surface area contributed by atoms with Crippen molar-refractivity contribution in [1.29, 1.82) is 0 Å². The van der Waals surface area contributed by atoms with Gasteiger partial charge in [0.05, 0.1) is 0 Å². The van der Waals surface area contributed by atoms with E-state index in [0.717, 1.165) is 19.1 Å². The van der Waals surface area contributed by atoms with E-state index in [1.165, 1.54) is 30.3 Å². The number of hydrogen-bond acceptors (Lipinski definition) is 6. The van der Waals surface area contributed by atoms with E-state index in [1.54, 1.807) is 13.8 Å². The van der Waals surface area contributed by atoms with Gasteiger partial charge in [-0.3, -0.25) is 14.9 Å². The van der Waals surface area contributed by atoms with Crippen LogP contribution < -0.4 is 21.3 Å². The van der Waals surface area contributed by atoms with E-state index < -0.39 is 78.0 Å². The number of amides is 6. The highest BCUT2D eigenvalue weighted by molar-refractivity contribution is 6.04. The number of ether oxygens (including phenoxy) is 1. The van der Waals surface area contributed by atoms with Gasteiger partial charge in [0, 0.05) is 43.7 Å². The number of imide groups is 1. The maximum atomic E-state index is 13.9. The van der Waals surface area contributed by atoms with E-state index in [2.05, 4.69) is 21.3 Å². The summed E-state index contributed by atoms with van der Waals surface area (Å²) in [5.41, 5.74) is -1.46. The van der Waals surface area contributed by atoms with Crippen molar-refractivity contribution in [2.75, 3.05) is 18.4 Å². The zero-order chi connectivity index (χ0) is 34.0. The Morgan fingerprint density at radius 1 is 1.09 bits per heavy atom. The van der Waals surface area contributed by atoms with Gasteiger partial charge in [-0.2, -0.15) is 13.2 Å². The molecule has 12 nitrogen and oxygen atoms in total. The molecule has 1 fully saturated rings. The summed E-state index contributed by atoms with van der Waals surface area (Å²) in [6.07, 6.45) is -7.77. The lowest BCUT2D eigenvalue weighted by atomic mass is 9.93. The van der Waals surface area contributed by atoms with Crippen LogP contribution in [0.3, 0.4) is 0 Å². The third-order valence-electron chi connectivity index (χ3n) is 7.96. The summed E-state index contributed by atoms with van der Waals surface area (Å²) in [6, 6.07) is 6.14. The van der Waals surface area contributed by atoms with Gasteiger partial charge in [0.15, 0.2) is 0 Å². The summed E-state index contributed by atoms with van der Waals surface area (Å²) in [4.78, 5) is 62.7. The van der Waals surface area contributed by atoms with Crippen molar-refractivity contribution in [3.05, 3.63) is 65.0 Å². The Balaban J connectivity index is 1.59. The molecular formula is C30H33F4N5O7. The van der Waals surface area contributed by atoms with Crippen molar-refractivity contribution in [2.24, 2.45) is 5.41 Å². The molecule has 46 heavy (non-hydrogen) atoms. The Morgan fingerprint density at radius 2 is 1.74 bits per heavy atom. The Bertz CT molecular complexity index is 1530. The second-order valence-electron chi connectivity index (χ2n) is 12.1. The second kappa shape index (κ2) is 12.8. The number of carboxylic acid groups (broad SMARTS) is 1. The number of alkyl carbamates (subject to hydrolysis) is 1. The fourth-order valence-electron chi connectivity index (χ4n) is 5.44. The largest absolute Gasteiger partial charge is 0.465 e. The summed E-state index contributed by atoms with van der Waals surface area (Å²) < 4.78 is 60.4. The van der Waals surface area contributed by atoms with Crippen LogP contribution in [0, 0.1) is 11.2 Å². The summed E-state index contributed by atoms with van der Waals surface area (Å²) in [5, 5.41) is 18.4. The van der Waals surface area contributed by atoms with E-state index in [4.69, 9.17) is 9.84 Å². The lowest BCUT2D eigenvalue weighted by Gasteiger charge is -2.32. The molecule has 6 amide bonds. The number of halogens is 4. The van der Waals surface area contributed by atoms with Crippen LogP contribution in [0.1, 0.15) is 56.2 Å². The van der Waals surface area contributed by atoms with Gasteiger partial charge in [0.25, 0.3) is 5.91 Å². The lowest BCUT2D eigenvalue weighted by molar-refractivity contribution is -0.187. The third-order valence-corrected chi connectivity index (χ3v) is 7.96. The zero-order valence-corrected chi connectivity index (χ0v) is 25.1. The van der Waals surface area contributed by atoms with Gasteiger partial charge in [-0.15, -0.1) is 0 Å². The lowest BCUT2D eigenvalue weighted by Crippen LogP contribution is -2.46. The van der Waals surface area contributed by atoms with E-state index >= 15 is 0 Å². The number of carbonyl (C=O) groups excluding carboxylic acids is 4. The Labute approximate surface area is 260 Å². The van der Waals surface area contributed by atoms with E-state index in [0.29, 0.717) is 10.5 Å². The van der Waals surface area contributed by atoms with Crippen molar-refractivity contribution in [3.8, 4) is 0 Å². The van der Waals surface area contributed by atoms with E-state index in [-0.39, 0.29) is 36.3 Å². The van der Waals surface area contributed by atoms with Crippen LogP contribution in [0.25, 0.3) is 0 Å². The molecule has 5 N–H and O–H groups in total. The molecule has 2 unspecified atom stereocenters. The highest BCUT2D eigenvalue weighted by atomic mass is 19.4. The summed E-state index contributed by atoms with van der Waals surface area (Å²) in [7, 11) is 0. The second-order valence-corrected chi connectivity index (χ2v) is 12.1. The molecule has 0 aromatic heterocycles. The van der Waals surface area contributed by atoms with Crippen molar-refractivity contribution < 1.29 is 51.4 Å². The smallest absolute Gasteiger partial charge is 0.415 e. The fourth-order valence-corrected chi connectivity index (χ4v) is 5.44. The molecule has 1 aliphatic carbocycles. The quantitative estimate of drug-likeness (QED) is 0.235. The van der Waals surface area contributed by atoms with Gasteiger partial charge in [0.2, 0.25) is 11.5 Å². The minimum absolute atomic E-state index is 0.0607. The Morgan fingerprint density at radius 3 is 2.33 bits per heavy atom. The van der Waals surface area contributed by atoms with Crippen LogP contribution in [0.15, 0.2) is 42.5 Å². The number of fused-ring (bicyclic) bond motifs is 2. The van der Waals surface area contributed by atoms with Gasteiger partial charge in [-0.25, -0.2) is 18.8 Å². The summed E-state index contributed by atoms with van der Waals surface area (Å²) in [6.45, 7) is 3.96. The number of urea groups is 1. The zero-order valence-electron chi connectivity index (χ0n) is 25.1. The normalized spacial score (nSPS) is 19.6. The van der Waals surface area contributed by atoms with Crippen LogP contribution in [0.4, 0.5) is 37.6 Å². The molecule has 1 aliphatic heterocycles. The summed E-state index contributed by atoms with van der Waals surface area (Å²) in [5.74, 6) is -3.21. The van der Waals surface area contributed by atoms with Crippen LogP contribution in [0.2, 0.25) is 0 Å². The molecule has 3 atom stereocenters. The number of nitrogens with one attached hydrogen (secondary N) is 4. The molecule has 2 aliphatic rings. The molecule has 248 valence electrons. The number of benzene rings is 2. The molecule has 2 aromatic carbocycles. The van der Waals surface area contributed by atoms with E-state index in [1.807, 2.05) is 0 Å². The molecule has 1 spiro atoms. The Hall–Kier alpha value is -4.89. The fraction of sp³-hybridized carbons (Fsp3) is 0.433. The third kappa shape index (κ3) is 7.66. The molecule has 0 radical (unpaired) electrons. The van der Waals surface area contributed by atoms with Crippen LogP contribution in [-0.4, -0.2) is 65.3 Å². The number of anilines is 1. The van der Waals surface area contributed by atoms with Crippen molar-refractivity contribution in [2.45, 2.75) is 63.9 Å². The van der Waals surface area contributed by atoms with Crippen molar-refractivity contribution >= 4 is 35.7 Å². The molecule has 16 heteroatoms. The monoisotopic (exact) mass is 651 g/mol. The van der Waals surface area contributed by atoms with Gasteiger partial charge < -0.3 is 30.7 Å². The SMILES string of the molecule is CC(N(Cc1ccc(F)cc1)C(=O)CC1C[C@@]2(OC(=O)NC2=O)c2ccc(NC(=O)NCC(C)(C)CNC(=O)O)cc21)C(F)(F)F. The van der Waals surface area contributed by atoms with Gasteiger partial charge >= 0.3 is 24.4 Å². The average Bonchev–Trinajstić information content (AvgIpc) is 3.43. The first-order valence-electron chi connectivity index (χ1n) is 14.2. The molecule has 0 saturated carbocycles. The maximum Gasteiger partial charge on any atom is 0.415 e. The van der Waals surface area contributed by atoms with E-state index in [9.17, 15) is 41.5 Å². The van der Waals surface area contributed by atoms with Crippen molar-refractivity contribution in [1.82, 2.24) is 20.9 Å². The first-order chi connectivity index (χ1) is 21.4. The molecule has 1 saturated heterocycles. The summed E-state index contributed by atoms with van der Waals surface area (Å²) >= 11 is 0. The predicted octanol–water partition coefficient (Wildman–Crippen LogP) is 4.56. The number of hydrogen-bond donors (Lipinski definition) is 5. The van der Waals surface area contributed by atoms with Gasteiger partial charge in [-0.05, 0) is 53.6 Å². The van der Waals surface area contributed by atoms with Crippen LogP contribution >= 0.6 is 0 Å².